The molecule has 0 spiro atoms. The van der Waals surface area contributed by atoms with Gasteiger partial charge in [0.1, 0.15) is 83.1 Å². The number of aryl methyl sites for hydroxylation is 3. The van der Waals surface area contributed by atoms with Crippen molar-refractivity contribution in [2.75, 3.05) is 25.1 Å². The van der Waals surface area contributed by atoms with Crippen molar-refractivity contribution in [3.05, 3.63) is 293 Å². The van der Waals surface area contributed by atoms with Gasteiger partial charge in [-0.25, -0.2) is 17.6 Å². The fraction of sp³-hybridized carbons (Fsp3) is 0.207. The minimum Gasteiger partial charge on any atom is -0.381 e. The van der Waals surface area contributed by atoms with E-state index in [1.165, 1.54) is 37.1 Å². The maximum Gasteiger partial charge on any atom is 0.246 e. The van der Waals surface area contributed by atoms with Crippen molar-refractivity contribution >= 4 is 82.4 Å². The average Bonchev–Trinajstić information content (AvgIpc) is 1.62. The van der Waals surface area contributed by atoms with Gasteiger partial charge in [-0.1, -0.05) is 132 Å². The van der Waals surface area contributed by atoms with Crippen LogP contribution in [0.5, 0.6) is 0 Å². The van der Waals surface area contributed by atoms with Crippen LogP contribution in [-0.4, -0.2) is 109 Å². The van der Waals surface area contributed by atoms with E-state index in [1.807, 2.05) is 113 Å². The molecular weight excluding hydrogens is 1500 g/mol. The quantitative estimate of drug-likeness (QED) is 0.103. The summed E-state index contributed by atoms with van der Waals surface area (Å²) in [7, 11) is -2.61. The Morgan fingerprint density at radius 3 is 1.16 bits per heavy atom. The SMILES string of the molecule is C#C[Si](C)(C)C.C#Cc1ccc2c(c1)C(c1ccccc1F)=NCc1nnc(C)n1-2.C1CCOC1.Cc1nnc2n1-c1ccc(Br)cc1C(c1ccccc1F)=NC2.Cc1nnc2n1-c1ccc(C#C[Si](C)(C)C)cc1C(c1ccccc1F)=NC2.O=C1CN=C(c2ccccc2F)c2cc(Br)ccc2N1. The Morgan fingerprint density at radius 2 is 0.783 bits per heavy atom. The molecule has 5 aliphatic heterocycles. The summed E-state index contributed by atoms with van der Waals surface area (Å²) in [6.07, 6.45) is 13.2. The van der Waals surface area contributed by atoms with Crippen LogP contribution >= 0.6 is 31.9 Å². The minimum absolute atomic E-state index is 0.0179. The number of anilines is 1. The average molecular weight is 1580 g/mol. The van der Waals surface area contributed by atoms with Crippen molar-refractivity contribution in [2.45, 2.75) is 92.5 Å². The third-order valence-corrected chi connectivity index (χ3v) is 19.4. The number of halogens is 6. The molecular formula is C82H74Br2F4N14O2Si2. The molecule has 0 aliphatic carbocycles. The number of hydrogen-bond acceptors (Lipinski definition) is 12. The van der Waals surface area contributed by atoms with Crippen molar-refractivity contribution in [2.24, 2.45) is 20.0 Å². The Morgan fingerprint density at radius 1 is 0.434 bits per heavy atom. The first-order valence-corrected chi connectivity index (χ1v) is 42.6. The minimum atomic E-state index is -1.51. The molecule has 16 rings (SSSR count). The van der Waals surface area contributed by atoms with Gasteiger partial charge in [-0.3, -0.25) is 38.5 Å². The lowest BCUT2D eigenvalue weighted by molar-refractivity contribution is -0.114. The first-order valence-electron chi connectivity index (χ1n) is 34.0. The number of aliphatic imine (C=N–C) groups is 4. The zero-order valence-corrected chi connectivity index (χ0v) is 65.0. The second-order valence-electron chi connectivity index (χ2n) is 26.8. The molecule has 11 aromatic rings. The van der Waals surface area contributed by atoms with Gasteiger partial charge >= 0.3 is 0 Å². The van der Waals surface area contributed by atoms with Crippen LogP contribution in [0.15, 0.2) is 199 Å². The summed E-state index contributed by atoms with van der Waals surface area (Å²) < 4.78 is 69.9. The molecule has 1 fully saturated rings. The highest BCUT2D eigenvalue weighted by Crippen LogP contribution is 2.33. The molecule has 534 valence electrons. The Balaban J connectivity index is 0.000000135. The number of aromatic nitrogens is 9. The van der Waals surface area contributed by atoms with Gasteiger partial charge < -0.3 is 10.1 Å². The monoisotopic (exact) mass is 1580 g/mol. The molecule has 8 aromatic carbocycles. The van der Waals surface area contributed by atoms with E-state index in [1.54, 1.807) is 66.7 Å². The molecule has 0 saturated carbocycles. The Hall–Kier alpha value is -10.9. The molecule has 0 atom stereocenters. The molecule has 1 amide bonds. The number of carbonyl (C=O) groups is 1. The van der Waals surface area contributed by atoms with Crippen molar-refractivity contribution in [1.29, 1.82) is 0 Å². The Labute approximate surface area is 632 Å². The topological polar surface area (TPSA) is 180 Å². The number of nitrogens with one attached hydrogen (secondary N) is 1. The normalized spacial score (nSPS) is 13.5. The highest BCUT2D eigenvalue weighted by molar-refractivity contribution is 9.10. The number of amides is 1. The van der Waals surface area contributed by atoms with E-state index >= 15 is 0 Å². The predicted octanol–water partition coefficient (Wildman–Crippen LogP) is 16.8. The number of carbonyl (C=O) groups excluding carboxylic acids is 1. The van der Waals surface area contributed by atoms with Crippen LogP contribution in [0, 0.1) is 79.8 Å². The first-order chi connectivity index (χ1) is 50.9. The second-order valence-corrected chi connectivity index (χ2v) is 38.2. The molecule has 1 saturated heterocycles. The molecule has 16 nitrogen and oxygen atoms in total. The van der Waals surface area contributed by atoms with Crippen molar-refractivity contribution in [3.8, 4) is 52.8 Å². The lowest BCUT2D eigenvalue weighted by atomic mass is 9.98. The maximum absolute atomic E-state index is 14.6. The second kappa shape index (κ2) is 33.9. The number of ether oxygens (including phenoxy) is 1. The van der Waals surface area contributed by atoms with Gasteiger partial charge in [0.15, 0.2) is 17.5 Å². The van der Waals surface area contributed by atoms with Crippen LogP contribution < -0.4 is 5.32 Å². The number of rotatable bonds is 4. The van der Waals surface area contributed by atoms with Crippen molar-refractivity contribution in [1.82, 2.24) is 44.3 Å². The summed E-state index contributed by atoms with van der Waals surface area (Å²) >= 11 is 6.88. The fourth-order valence-electron chi connectivity index (χ4n) is 11.6. The zero-order chi connectivity index (χ0) is 75.4. The summed E-state index contributed by atoms with van der Waals surface area (Å²) in [6, 6.07) is 49.4. The fourth-order valence-corrected chi connectivity index (χ4v) is 12.9. The molecule has 3 aromatic heterocycles. The van der Waals surface area contributed by atoms with E-state index in [4.69, 9.17) is 22.6 Å². The number of nitrogens with zero attached hydrogens (tertiary/aromatic N) is 13. The summed E-state index contributed by atoms with van der Waals surface area (Å²) in [5.41, 5.74) is 18.3. The van der Waals surface area contributed by atoms with E-state index in [0.29, 0.717) is 87.4 Å². The standard InChI is InChI=1S/C22H21FN4Si.C19H13FN4.C17H12BrFN4.C15H10BrFN2O.C5H10Si.C4H8O/c1-15-25-26-21-14-24-22(17-7-5-6-8-19(17)23)18-13-16(11-12-28(2,3)4)9-10-20(18)27(15)21;1-3-13-8-9-17-15(10-13)19(14-6-4-5-7-16(14)20)21-11-18-23-22-12(2)24(17)18;1-10-21-22-16-9-20-17(12-4-2-3-5-14(12)19)13-8-11(18)6-7-15(13)23(10)16;16-9-5-6-13-11(7-9)15(18-8-14(20)19-13)10-3-1-2-4-12(10)17;1-5-6(2,3)4;1-2-4-5-3-1/h5-10,13H,14H2,1-4H3;1,4-10H,11H2,2H3;2-8H,9H2,1H3;1-7H,8H2,(H,19,20);1H,2-4H3;1-4H2. The smallest absolute Gasteiger partial charge is 0.246 e. The van der Waals surface area contributed by atoms with E-state index < -0.39 is 16.1 Å². The molecule has 1 N–H and O–H groups in total. The summed E-state index contributed by atoms with van der Waals surface area (Å²) in [5, 5.41) is 27.8. The predicted molar refractivity (Wildman–Crippen MR) is 423 cm³/mol. The van der Waals surface area contributed by atoms with Crippen LogP contribution in [0.2, 0.25) is 39.3 Å². The highest BCUT2D eigenvalue weighted by atomic mass is 79.9. The van der Waals surface area contributed by atoms with Crippen LogP contribution in [0.25, 0.3) is 17.1 Å². The van der Waals surface area contributed by atoms with Gasteiger partial charge in [-0.05, 0) is 155 Å². The molecule has 106 heavy (non-hydrogen) atoms. The van der Waals surface area contributed by atoms with Gasteiger partial charge in [0, 0.05) is 77.8 Å². The third-order valence-electron chi connectivity index (χ3n) is 16.7. The summed E-state index contributed by atoms with van der Waals surface area (Å²) in [6.45, 7) is 21.8. The summed E-state index contributed by atoms with van der Waals surface area (Å²) in [5.74, 6) is 8.99. The van der Waals surface area contributed by atoms with Gasteiger partial charge in [-0.15, -0.1) is 54.5 Å². The Bertz CT molecular complexity index is 5440. The molecule has 5 aliphatic rings. The van der Waals surface area contributed by atoms with Crippen LogP contribution in [-0.2, 0) is 29.2 Å². The summed E-state index contributed by atoms with van der Waals surface area (Å²) in [4.78, 5) is 29.9. The van der Waals surface area contributed by atoms with Crippen LogP contribution in [0.1, 0.15) is 103 Å². The third kappa shape index (κ3) is 18.2. The van der Waals surface area contributed by atoms with E-state index in [0.717, 1.165) is 90.6 Å². The Kier molecular flexibility index (Phi) is 24.4. The van der Waals surface area contributed by atoms with Gasteiger partial charge in [-0.2, -0.15) is 0 Å². The number of hydrogen-bond donors (Lipinski definition) is 1. The zero-order valence-electron chi connectivity index (χ0n) is 59.9. The van der Waals surface area contributed by atoms with E-state index in [2.05, 4.69) is 145 Å². The maximum atomic E-state index is 14.6. The number of fused-ring (bicyclic) bond motifs is 10. The van der Waals surface area contributed by atoms with Crippen molar-refractivity contribution < 1.29 is 27.1 Å². The van der Waals surface area contributed by atoms with E-state index in [-0.39, 0.29) is 35.7 Å². The van der Waals surface area contributed by atoms with Crippen LogP contribution in [0.3, 0.4) is 0 Å². The van der Waals surface area contributed by atoms with Gasteiger partial charge in [0.25, 0.3) is 0 Å². The largest absolute Gasteiger partial charge is 0.381 e. The molecule has 0 radical (unpaired) electrons. The number of benzene rings is 8. The first kappa shape index (κ1) is 76.2. The molecule has 0 bridgehead atoms. The lowest BCUT2D eigenvalue weighted by Gasteiger charge is -2.13. The van der Waals surface area contributed by atoms with Gasteiger partial charge in [0.05, 0.1) is 45.6 Å². The van der Waals surface area contributed by atoms with Crippen molar-refractivity contribution in [3.63, 3.8) is 0 Å². The highest BCUT2D eigenvalue weighted by Gasteiger charge is 2.28. The van der Waals surface area contributed by atoms with E-state index in [9.17, 15) is 22.4 Å². The number of benzodiazepines with no additional fused rings is 1. The van der Waals surface area contributed by atoms with Crippen LogP contribution in [0.4, 0.5) is 23.2 Å². The molecule has 0 unspecified atom stereocenters. The molecule has 8 heterocycles. The van der Waals surface area contributed by atoms with Gasteiger partial charge in [0.2, 0.25) is 5.91 Å². The molecule has 24 heteroatoms. The number of terminal acetylenes is 2. The lowest BCUT2D eigenvalue weighted by Crippen LogP contribution is -2.16.